The van der Waals surface area contributed by atoms with Crippen molar-refractivity contribution >= 4 is 41.4 Å². The number of thioether (sulfide) groups is 1. The van der Waals surface area contributed by atoms with Gasteiger partial charge in [0.05, 0.1) is 13.2 Å². The second kappa shape index (κ2) is 10.1. The van der Waals surface area contributed by atoms with Gasteiger partial charge in [0.2, 0.25) is 17.7 Å². The maximum absolute atomic E-state index is 12.9. The highest BCUT2D eigenvalue weighted by molar-refractivity contribution is 7.99. The van der Waals surface area contributed by atoms with E-state index in [9.17, 15) is 14.4 Å². The first-order chi connectivity index (χ1) is 14.3. The molecule has 1 amide bonds. The van der Waals surface area contributed by atoms with E-state index in [1.165, 1.54) is 23.3 Å². The predicted octanol–water partition coefficient (Wildman–Crippen LogP) is 2.43. The molecule has 12 heteroatoms. The number of aromatic nitrogens is 3. The molecular formula is C18H25N5O6S. The van der Waals surface area contributed by atoms with Crippen molar-refractivity contribution < 1.29 is 28.3 Å². The number of carbonyl (C=O) groups is 3. The molecule has 2 heterocycles. The predicted molar refractivity (Wildman–Crippen MR) is 110 cm³/mol. The van der Waals surface area contributed by atoms with E-state index < -0.39 is 23.9 Å². The summed E-state index contributed by atoms with van der Waals surface area (Å²) in [5, 5.41) is 10.8. The summed E-state index contributed by atoms with van der Waals surface area (Å²) in [6, 6.07) is -0.819. The SMILES string of the molecule is CCOC(=O)c1c(C)oc(NC(=O)C(C)n2c(N)nnc2SCC)c1C(=O)OCC. The normalized spacial score (nSPS) is 11.8. The Balaban J connectivity index is 2.41. The lowest BCUT2D eigenvalue weighted by Gasteiger charge is -2.15. The summed E-state index contributed by atoms with van der Waals surface area (Å²) in [7, 11) is 0. The number of nitrogens with one attached hydrogen (secondary N) is 1. The average Bonchev–Trinajstić information content (AvgIpc) is 3.21. The fraction of sp³-hybridized carbons (Fsp3) is 0.500. The van der Waals surface area contributed by atoms with Gasteiger partial charge in [0.15, 0.2) is 5.16 Å². The van der Waals surface area contributed by atoms with Gasteiger partial charge in [-0.05, 0) is 33.4 Å². The summed E-state index contributed by atoms with van der Waals surface area (Å²) in [6.45, 7) is 8.45. The Morgan fingerprint density at radius 1 is 1.13 bits per heavy atom. The van der Waals surface area contributed by atoms with Gasteiger partial charge in [0, 0.05) is 0 Å². The third-order valence-corrected chi connectivity index (χ3v) is 4.84. The van der Waals surface area contributed by atoms with Gasteiger partial charge in [-0.2, -0.15) is 0 Å². The number of nitrogen functional groups attached to an aromatic ring is 1. The molecule has 0 spiro atoms. The van der Waals surface area contributed by atoms with Crippen molar-refractivity contribution in [2.24, 2.45) is 0 Å². The highest BCUT2D eigenvalue weighted by Gasteiger charge is 2.32. The van der Waals surface area contributed by atoms with E-state index >= 15 is 0 Å². The largest absolute Gasteiger partial charge is 0.462 e. The highest BCUT2D eigenvalue weighted by atomic mass is 32.2. The van der Waals surface area contributed by atoms with Gasteiger partial charge in [-0.3, -0.25) is 14.7 Å². The molecule has 0 aliphatic heterocycles. The summed E-state index contributed by atoms with van der Waals surface area (Å²) in [5.41, 5.74) is 5.57. The summed E-state index contributed by atoms with van der Waals surface area (Å²) in [4.78, 5) is 37.7. The lowest BCUT2D eigenvalue weighted by molar-refractivity contribution is -0.119. The van der Waals surface area contributed by atoms with Crippen LogP contribution in [0.25, 0.3) is 0 Å². The van der Waals surface area contributed by atoms with Gasteiger partial charge < -0.3 is 19.6 Å². The van der Waals surface area contributed by atoms with E-state index in [-0.39, 0.29) is 41.9 Å². The van der Waals surface area contributed by atoms with Crippen LogP contribution < -0.4 is 11.1 Å². The quantitative estimate of drug-likeness (QED) is 0.440. The van der Waals surface area contributed by atoms with Crippen molar-refractivity contribution in [3.8, 4) is 0 Å². The number of carbonyl (C=O) groups excluding carboxylic acids is 3. The molecular weight excluding hydrogens is 414 g/mol. The van der Waals surface area contributed by atoms with E-state index in [1.54, 1.807) is 20.8 Å². The summed E-state index contributed by atoms with van der Waals surface area (Å²) in [5.74, 6) is -1.42. The van der Waals surface area contributed by atoms with Gasteiger partial charge in [0.1, 0.15) is 22.9 Å². The van der Waals surface area contributed by atoms with Gasteiger partial charge in [-0.1, -0.05) is 18.7 Å². The Morgan fingerprint density at radius 2 is 1.73 bits per heavy atom. The Kier molecular flexibility index (Phi) is 7.86. The van der Waals surface area contributed by atoms with Crippen LogP contribution in [0.5, 0.6) is 0 Å². The van der Waals surface area contributed by atoms with E-state index in [0.717, 1.165) is 0 Å². The minimum absolute atomic E-state index is 0.0713. The van der Waals surface area contributed by atoms with Crippen LogP contribution in [-0.2, 0) is 14.3 Å². The lowest BCUT2D eigenvalue weighted by atomic mass is 10.1. The number of furan rings is 1. The van der Waals surface area contributed by atoms with Crippen molar-refractivity contribution in [2.45, 2.75) is 45.8 Å². The topological polar surface area (TPSA) is 152 Å². The Hall–Kier alpha value is -3.02. The molecule has 0 aliphatic rings. The van der Waals surface area contributed by atoms with Gasteiger partial charge in [0.25, 0.3) is 0 Å². The zero-order valence-corrected chi connectivity index (χ0v) is 18.3. The van der Waals surface area contributed by atoms with Crippen LogP contribution in [0.15, 0.2) is 9.57 Å². The minimum atomic E-state index is -0.819. The molecule has 2 rings (SSSR count). The van der Waals surface area contributed by atoms with Crippen LogP contribution in [0, 0.1) is 6.92 Å². The molecule has 2 aromatic rings. The first-order valence-electron chi connectivity index (χ1n) is 9.38. The minimum Gasteiger partial charge on any atom is -0.462 e. The van der Waals surface area contributed by atoms with Crippen molar-refractivity contribution in [1.29, 1.82) is 0 Å². The third kappa shape index (κ3) is 4.75. The third-order valence-electron chi connectivity index (χ3n) is 4.01. The standard InChI is InChI=1S/C18H25N5O6S/c1-6-27-15(25)11-10(5)29-14(12(11)16(26)28-7-2)20-13(24)9(4)23-17(19)21-22-18(23)30-8-3/h9H,6-8H2,1-5H3,(H2,19,21)(H,20,24). The molecule has 1 unspecified atom stereocenters. The first-order valence-corrected chi connectivity index (χ1v) is 10.4. The zero-order valence-electron chi connectivity index (χ0n) is 17.5. The van der Waals surface area contributed by atoms with E-state index in [2.05, 4.69) is 15.5 Å². The number of amides is 1. The number of anilines is 2. The van der Waals surface area contributed by atoms with Crippen LogP contribution in [0.2, 0.25) is 0 Å². The molecule has 30 heavy (non-hydrogen) atoms. The van der Waals surface area contributed by atoms with Crippen LogP contribution in [-0.4, -0.2) is 51.6 Å². The van der Waals surface area contributed by atoms with Crippen molar-refractivity contribution in [1.82, 2.24) is 14.8 Å². The Morgan fingerprint density at radius 3 is 2.30 bits per heavy atom. The molecule has 0 fully saturated rings. The molecule has 0 aliphatic carbocycles. The van der Waals surface area contributed by atoms with Gasteiger partial charge in [-0.15, -0.1) is 10.2 Å². The van der Waals surface area contributed by atoms with Crippen LogP contribution >= 0.6 is 11.8 Å². The fourth-order valence-electron chi connectivity index (χ4n) is 2.69. The molecule has 0 radical (unpaired) electrons. The number of hydrogen-bond acceptors (Lipinski definition) is 10. The number of rotatable bonds is 9. The monoisotopic (exact) mass is 439 g/mol. The number of hydrogen-bond donors (Lipinski definition) is 2. The number of esters is 2. The van der Waals surface area contributed by atoms with Crippen molar-refractivity contribution in [3.63, 3.8) is 0 Å². The zero-order chi connectivity index (χ0) is 22.4. The molecule has 2 aromatic heterocycles. The van der Waals surface area contributed by atoms with E-state index in [1.807, 2.05) is 6.92 Å². The van der Waals surface area contributed by atoms with Crippen LogP contribution in [0.4, 0.5) is 11.8 Å². The Bertz CT molecular complexity index is 938. The molecule has 164 valence electrons. The molecule has 0 aromatic carbocycles. The summed E-state index contributed by atoms with van der Waals surface area (Å²) < 4.78 is 17.0. The lowest BCUT2D eigenvalue weighted by Crippen LogP contribution is -2.26. The van der Waals surface area contributed by atoms with Gasteiger partial charge >= 0.3 is 11.9 Å². The molecule has 11 nitrogen and oxygen atoms in total. The van der Waals surface area contributed by atoms with Crippen molar-refractivity contribution in [2.75, 3.05) is 30.0 Å². The Labute approximate surface area is 177 Å². The van der Waals surface area contributed by atoms with Crippen LogP contribution in [0.3, 0.4) is 0 Å². The molecule has 3 N–H and O–H groups in total. The molecule has 0 saturated heterocycles. The van der Waals surface area contributed by atoms with Crippen molar-refractivity contribution in [3.05, 3.63) is 16.9 Å². The number of ether oxygens (including phenoxy) is 2. The smallest absolute Gasteiger partial charge is 0.344 e. The number of nitrogens with two attached hydrogens (primary N) is 1. The highest BCUT2D eigenvalue weighted by Crippen LogP contribution is 2.30. The maximum Gasteiger partial charge on any atom is 0.344 e. The summed E-state index contributed by atoms with van der Waals surface area (Å²) in [6.07, 6.45) is 0. The maximum atomic E-state index is 12.9. The number of aryl methyl sites for hydroxylation is 1. The first kappa shape index (κ1) is 23.3. The average molecular weight is 439 g/mol. The van der Waals surface area contributed by atoms with Gasteiger partial charge in [-0.25, -0.2) is 9.59 Å². The summed E-state index contributed by atoms with van der Waals surface area (Å²) >= 11 is 1.38. The van der Waals surface area contributed by atoms with Crippen LogP contribution in [0.1, 0.15) is 60.2 Å². The van der Waals surface area contributed by atoms with E-state index in [0.29, 0.717) is 10.9 Å². The fourth-order valence-corrected chi connectivity index (χ4v) is 3.44. The molecule has 1 atom stereocenters. The molecule has 0 saturated carbocycles. The van der Waals surface area contributed by atoms with E-state index in [4.69, 9.17) is 19.6 Å². The number of nitrogens with zero attached hydrogens (tertiary/aromatic N) is 3. The molecule has 0 bridgehead atoms. The second-order valence-electron chi connectivity index (χ2n) is 5.99. The second-order valence-corrected chi connectivity index (χ2v) is 7.22.